The Hall–Kier alpha value is -1.61. The number of aliphatic hydroxyl groups excluding tert-OH is 3. The van der Waals surface area contributed by atoms with Gasteiger partial charge in [0.15, 0.2) is 0 Å². The van der Waals surface area contributed by atoms with Gasteiger partial charge in [-0.3, -0.25) is 10.1 Å². The maximum absolute atomic E-state index is 11.1. The van der Waals surface area contributed by atoms with Crippen molar-refractivity contribution in [1.82, 2.24) is 0 Å². The number of nitro benzene ring substituents is 1. The lowest BCUT2D eigenvalue weighted by Gasteiger charge is -2.24. The summed E-state index contributed by atoms with van der Waals surface area (Å²) in [6.07, 6.45) is 0. The minimum atomic E-state index is -0.560. The average molecular weight is 320 g/mol. The molecule has 118 valence electrons. The first kappa shape index (κ1) is 17.4. The maximum Gasteiger partial charge on any atom is 0.294 e. The Kier molecular flexibility index (Phi) is 7.17. The molecule has 9 heteroatoms. The van der Waals surface area contributed by atoms with E-state index in [1.165, 1.54) is 12.1 Å². The minimum Gasteiger partial charge on any atom is -0.395 e. The van der Waals surface area contributed by atoms with E-state index in [0.717, 1.165) is 0 Å². The summed E-state index contributed by atoms with van der Waals surface area (Å²) in [7, 11) is 0. The summed E-state index contributed by atoms with van der Waals surface area (Å²) < 4.78 is 0. The summed E-state index contributed by atoms with van der Waals surface area (Å²) in [6.45, 7) is 0.0379. The highest BCUT2D eigenvalue weighted by atomic mass is 35.5. The van der Waals surface area contributed by atoms with E-state index in [1.807, 2.05) is 0 Å². The van der Waals surface area contributed by atoms with Crippen LogP contribution in [0.2, 0.25) is 5.02 Å². The van der Waals surface area contributed by atoms with E-state index < -0.39 is 4.92 Å². The van der Waals surface area contributed by atoms with Gasteiger partial charge in [0, 0.05) is 25.7 Å². The first-order valence-electron chi connectivity index (χ1n) is 6.34. The predicted octanol–water partition coefficient (Wildman–Crippen LogP) is 0.443. The van der Waals surface area contributed by atoms with Crippen LogP contribution in [0.4, 0.5) is 17.1 Å². The summed E-state index contributed by atoms with van der Waals surface area (Å²) in [4.78, 5) is 12.1. The standard InChI is InChI=1S/C12H18ClN3O5/c13-9-7-10(14-1-4-17)12(16(20)21)8-11(9)15(2-5-18)3-6-19/h7-8,14,17-19H,1-6H2. The normalized spacial score (nSPS) is 10.5. The lowest BCUT2D eigenvalue weighted by molar-refractivity contribution is -0.383. The van der Waals surface area contributed by atoms with Crippen LogP contribution in [0.15, 0.2) is 12.1 Å². The molecule has 0 saturated carbocycles. The number of hydrogen-bond acceptors (Lipinski definition) is 7. The summed E-state index contributed by atoms with van der Waals surface area (Å²) in [5.74, 6) is 0. The van der Waals surface area contributed by atoms with E-state index in [2.05, 4.69) is 5.32 Å². The Morgan fingerprint density at radius 1 is 1.19 bits per heavy atom. The fourth-order valence-corrected chi connectivity index (χ4v) is 2.15. The molecule has 0 heterocycles. The molecule has 1 aromatic carbocycles. The number of nitrogens with zero attached hydrogens (tertiary/aromatic N) is 2. The Balaban J connectivity index is 3.21. The van der Waals surface area contributed by atoms with Crippen molar-refractivity contribution in [2.75, 3.05) is 49.7 Å². The number of nitrogens with one attached hydrogen (secondary N) is 1. The third-order valence-corrected chi connectivity index (χ3v) is 3.07. The molecule has 0 amide bonds. The van der Waals surface area contributed by atoms with E-state index in [0.29, 0.717) is 5.69 Å². The van der Waals surface area contributed by atoms with Crippen LogP contribution >= 0.6 is 11.6 Å². The van der Waals surface area contributed by atoms with E-state index in [9.17, 15) is 10.1 Å². The largest absolute Gasteiger partial charge is 0.395 e. The molecule has 0 spiro atoms. The monoisotopic (exact) mass is 319 g/mol. The summed E-state index contributed by atoms with van der Waals surface area (Å²) in [5.41, 5.74) is 0.375. The lowest BCUT2D eigenvalue weighted by atomic mass is 10.2. The van der Waals surface area contributed by atoms with Crippen molar-refractivity contribution >= 4 is 28.7 Å². The molecule has 0 aliphatic carbocycles. The van der Waals surface area contributed by atoms with Crippen LogP contribution in [-0.4, -0.2) is 59.7 Å². The molecule has 21 heavy (non-hydrogen) atoms. The third-order valence-electron chi connectivity index (χ3n) is 2.77. The zero-order valence-corrected chi connectivity index (χ0v) is 12.1. The molecule has 0 aliphatic heterocycles. The SMILES string of the molecule is O=[N+]([O-])c1cc(N(CCO)CCO)c(Cl)cc1NCCO. The third kappa shape index (κ3) is 4.71. The highest BCUT2D eigenvalue weighted by Gasteiger charge is 2.20. The molecule has 0 unspecified atom stereocenters. The maximum atomic E-state index is 11.1. The van der Waals surface area contributed by atoms with E-state index in [4.69, 9.17) is 26.9 Å². The molecule has 1 aromatic rings. The Labute approximate surface area is 126 Å². The number of nitro groups is 1. The average Bonchev–Trinajstić information content (AvgIpc) is 2.44. The second kappa shape index (κ2) is 8.63. The number of hydrogen-bond donors (Lipinski definition) is 4. The second-order valence-corrected chi connectivity index (χ2v) is 4.57. The van der Waals surface area contributed by atoms with Gasteiger partial charge in [-0.05, 0) is 6.07 Å². The fraction of sp³-hybridized carbons (Fsp3) is 0.500. The van der Waals surface area contributed by atoms with E-state index in [1.54, 1.807) is 4.90 Å². The number of rotatable bonds is 9. The first-order chi connectivity index (χ1) is 10.0. The second-order valence-electron chi connectivity index (χ2n) is 4.16. The van der Waals surface area contributed by atoms with Crippen LogP contribution in [-0.2, 0) is 0 Å². The fourth-order valence-electron chi connectivity index (χ4n) is 1.87. The minimum absolute atomic E-state index is 0.160. The Bertz CT molecular complexity index is 480. The summed E-state index contributed by atoms with van der Waals surface area (Å²) in [6, 6.07) is 2.68. The van der Waals surface area contributed by atoms with Gasteiger partial charge in [-0.15, -0.1) is 0 Å². The van der Waals surface area contributed by atoms with Crippen LogP contribution in [0.25, 0.3) is 0 Å². The van der Waals surface area contributed by atoms with Crippen LogP contribution in [0.3, 0.4) is 0 Å². The molecule has 0 bridgehead atoms. The molecule has 4 N–H and O–H groups in total. The molecule has 0 radical (unpaired) electrons. The van der Waals surface area contributed by atoms with Gasteiger partial charge in [0.25, 0.3) is 5.69 Å². The molecular formula is C12H18ClN3O5. The van der Waals surface area contributed by atoms with Gasteiger partial charge >= 0.3 is 0 Å². The van der Waals surface area contributed by atoms with Gasteiger partial charge in [-0.1, -0.05) is 11.6 Å². The molecule has 0 atom stereocenters. The highest BCUT2D eigenvalue weighted by molar-refractivity contribution is 6.33. The molecule has 0 aromatic heterocycles. The Morgan fingerprint density at radius 2 is 1.81 bits per heavy atom. The van der Waals surface area contributed by atoms with Gasteiger partial charge in [-0.25, -0.2) is 0 Å². The zero-order valence-electron chi connectivity index (χ0n) is 11.3. The van der Waals surface area contributed by atoms with Gasteiger partial charge < -0.3 is 25.5 Å². The highest BCUT2D eigenvalue weighted by Crippen LogP contribution is 2.36. The van der Waals surface area contributed by atoms with Crippen LogP contribution in [0.5, 0.6) is 0 Å². The van der Waals surface area contributed by atoms with Crippen molar-refractivity contribution in [2.45, 2.75) is 0 Å². The topological polar surface area (TPSA) is 119 Å². The summed E-state index contributed by atoms with van der Waals surface area (Å²) >= 11 is 6.12. The van der Waals surface area contributed by atoms with Crippen molar-refractivity contribution < 1.29 is 20.2 Å². The van der Waals surface area contributed by atoms with Crippen molar-refractivity contribution in [3.05, 3.63) is 27.3 Å². The predicted molar refractivity (Wildman–Crippen MR) is 80.1 cm³/mol. The van der Waals surface area contributed by atoms with Crippen LogP contribution < -0.4 is 10.2 Å². The quantitative estimate of drug-likeness (QED) is 0.385. The summed E-state index contributed by atoms with van der Waals surface area (Å²) in [5, 5.41) is 40.9. The number of benzene rings is 1. The lowest BCUT2D eigenvalue weighted by Crippen LogP contribution is -2.30. The van der Waals surface area contributed by atoms with E-state index >= 15 is 0 Å². The molecular weight excluding hydrogens is 302 g/mol. The first-order valence-corrected chi connectivity index (χ1v) is 6.72. The molecule has 8 nitrogen and oxygen atoms in total. The van der Waals surface area contributed by atoms with Crippen molar-refractivity contribution in [3.8, 4) is 0 Å². The number of aliphatic hydroxyl groups is 3. The van der Waals surface area contributed by atoms with Crippen molar-refractivity contribution in [1.29, 1.82) is 0 Å². The number of anilines is 2. The van der Waals surface area contributed by atoms with Gasteiger partial charge in [0.05, 0.1) is 35.5 Å². The van der Waals surface area contributed by atoms with E-state index in [-0.39, 0.29) is 55.9 Å². The van der Waals surface area contributed by atoms with Gasteiger partial charge in [0.2, 0.25) is 0 Å². The van der Waals surface area contributed by atoms with Crippen molar-refractivity contribution in [2.24, 2.45) is 0 Å². The molecule has 0 saturated heterocycles. The van der Waals surface area contributed by atoms with Crippen molar-refractivity contribution in [3.63, 3.8) is 0 Å². The molecule has 1 rings (SSSR count). The molecule has 0 aliphatic rings. The van der Waals surface area contributed by atoms with Gasteiger partial charge in [-0.2, -0.15) is 0 Å². The van der Waals surface area contributed by atoms with Crippen LogP contribution in [0.1, 0.15) is 0 Å². The number of halogens is 1. The van der Waals surface area contributed by atoms with Gasteiger partial charge in [0.1, 0.15) is 5.69 Å². The Morgan fingerprint density at radius 3 is 2.29 bits per heavy atom. The zero-order chi connectivity index (χ0) is 15.8. The van der Waals surface area contributed by atoms with Crippen LogP contribution in [0, 0.1) is 10.1 Å². The molecule has 0 fully saturated rings. The smallest absolute Gasteiger partial charge is 0.294 e.